The molecule has 9 nitrogen and oxygen atoms in total. The van der Waals surface area contributed by atoms with E-state index < -0.39 is 5.82 Å². The third kappa shape index (κ3) is 6.80. The van der Waals surface area contributed by atoms with Gasteiger partial charge in [0.25, 0.3) is 0 Å². The Morgan fingerprint density at radius 2 is 1.88 bits per heavy atom. The summed E-state index contributed by atoms with van der Waals surface area (Å²) in [7, 11) is 1.71. The molecule has 0 spiro atoms. The number of nitrogens with zero attached hydrogens (tertiary/aromatic N) is 4. The fraction of sp³-hybridized carbons (Fsp3) is 0.667. The van der Waals surface area contributed by atoms with Gasteiger partial charge in [0.15, 0.2) is 5.82 Å². The van der Waals surface area contributed by atoms with E-state index in [0.29, 0.717) is 23.5 Å². The molecule has 2 aliphatic rings. The fourth-order valence-corrected chi connectivity index (χ4v) is 4.53. The minimum atomic E-state index is -0.502. The summed E-state index contributed by atoms with van der Waals surface area (Å²) in [6.07, 6.45) is 8.80. The molecule has 1 saturated carbocycles. The Labute approximate surface area is 200 Å². The maximum Gasteiger partial charge on any atom is 0.223 e. The van der Waals surface area contributed by atoms with E-state index in [4.69, 9.17) is 9.47 Å². The maximum atomic E-state index is 14.6. The van der Waals surface area contributed by atoms with Crippen molar-refractivity contribution in [1.29, 1.82) is 0 Å². The lowest BCUT2D eigenvalue weighted by atomic mass is 9.82. The summed E-state index contributed by atoms with van der Waals surface area (Å²) in [4.78, 5) is 17.2. The van der Waals surface area contributed by atoms with E-state index in [2.05, 4.69) is 42.8 Å². The van der Waals surface area contributed by atoms with Crippen LogP contribution in [0.15, 0.2) is 18.6 Å². The summed E-state index contributed by atoms with van der Waals surface area (Å²) >= 11 is 0. The van der Waals surface area contributed by atoms with Crippen LogP contribution in [0.3, 0.4) is 0 Å². The quantitative estimate of drug-likeness (QED) is 0.448. The molecule has 2 aromatic heterocycles. The molecule has 0 bridgehead atoms. The van der Waals surface area contributed by atoms with Gasteiger partial charge >= 0.3 is 0 Å². The molecule has 3 heterocycles. The summed E-state index contributed by atoms with van der Waals surface area (Å²) < 4.78 is 25.2. The summed E-state index contributed by atoms with van der Waals surface area (Å²) in [6, 6.07) is 2.52. The predicted octanol–water partition coefficient (Wildman–Crippen LogP) is 3.26. The van der Waals surface area contributed by atoms with Crippen molar-refractivity contribution >= 4 is 11.8 Å². The Morgan fingerprint density at radius 1 is 1.12 bits per heavy atom. The van der Waals surface area contributed by atoms with Gasteiger partial charge in [0.05, 0.1) is 18.5 Å². The van der Waals surface area contributed by atoms with Crippen molar-refractivity contribution in [3.8, 4) is 11.4 Å². The van der Waals surface area contributed by atoms with Gasteiger partial charge in [-0.15, -0.1) is 0 Å². The maximum absolute atomic E-state index is 14.6. The molecule has 0 unspecified atom stereocenters. The molecule has 10 heteroatoms. The molecule has 0 atom stereocenters. The lowest BCUT2D eigenvalue weighted by molar-refractivity contribution is 0.0300. The van der Waals surface area contributed by atoms with Gasteiger partial charge < -0.3 is 25.4 Å². The van der Waals surface area contributed by atoms with Crippen LogP contribution in [-0.4, -0.2) is 72.0 Å². The van der Waals surface area contributed by atoms with Gasteiger partial charge in [-0.3, -0.25) is 0 Å². The zero-order chi connectivity index (χ0) is 23.8. The van der Waals surface area contributed by atoms with Crippen LogP contribution in [-0.2, 0) is 9.47 Å². The van der Waals surface area contributed by atoms with E-state index in [1.807, 2.05) is 0 Å². The van der Waals surface area contributed by atoms with Gasteiger partial charge in [-0.05, 0) is 43.9 Å². The highest BCUT2D eigenvalue weighted by molar-refractivity contribution is 5.59. The van der Waals surface area contributed by atoms with Crippen molar-refractivity contribution in [2.45, 2.75) is 57.5 Å². The van der Waals surface area contributed by atoms with E-state index in [0.717, 1.165) is 71.4 Å². The molecule has 3 N–H and O–H groups in total. The summed E-state index contributed by atoms with van der Waals surface area (Å²) in [5, 5.41) is 10.3. The van der Waals surface area contributed by atoms with Gasteiger partial charge in [0.1, 0.15) is 17.8 Å². The number of nitrogens with one attached hydrogen (secondary N) is 3. The molecule has 1 aliphatic heterocycles. The largest absolute Gasteiger partial charge is 0.383 e. The van der Waals surface area contributed by atoms with E-state index in [1.165, 1.54) is 12.5 Å². The van der Waals surface area contributed by atoms with Gasteiger partial charge in [0.2, 0.25) is 5.95 Å². The zero-order valence-electron chi connectivity index (χ0n) is 20.1. The van der Waals surface area contributed by atoms with Crippen LogP contribution < -0.4 is 16.0 Å². The summed E-state index contributed by atoms with van der Waals surface area (Å²) in [5.41, 5.74) is 0.762. The van der Waals surface area contributed by atoms with Crippen LogP contribution in [0.25, 0.3) is 11.4 Å². The van der Waals surface area contributed by atoms with Gasteiger partial charge in [0, 0.05) is 51.6 Å². The summed E-state index contributed by atoms with van der Waals surface area (Å²) in [6.45, 7) is 6.17. The average Bonchev–Trinajstić information content (AvgIpc) is 2.86. The van der Waals surface area contributed by atoms with Crippen molar-refractivity contribution in [2.24, 2.45) is 5.41 Å². The van der Waals surface area contributed by atoms with E-state index in [9.17, 15) is 4.39 Å². The van der Waals surface area contributed by atoms with Crippen LogP contribution in [0, 0.1) is 11.2 Å². The normalized spacial score (nSPS) is 22.3. The molecule has 1 aliphatic carbocycles. The summed E-state index contributed by atoms with van der Waals surface area (Å²) in [5.74, 6) is 0.581. The van der Waals surface area contributed by atoms with Gasteiger partial charge in [-0.25, -0.2) is 24.3 Å². The van der Waals surface area contributed by atoms with Crippen LogP contribution in [0.1, 0.15) is 45.4 Å². The number of halogens is 1. The number of ether oxygens (including phenoxy) is 2. The van der Waals surface area contributed by atoms with Crippen LogP contribution in [0.2, 0.25) is 0 Å². The lowest BCUT2D eigenvalue weighted by Gasteiger charge is -2.33. The van der Waals surface area contributed by atoms with Crippen LogP contribution in [0.5, 0.6) is 0 Å². The standard InChI is InChI=1S/C24H36FN7O2/c1-24(7-10-34-11-8-24)15-28-21-13-20(29-16-30-21)22-19(25)14-27-23(32-22)31-18-5-3-17(4-6-18)26-9-12-33-2/h13-14,16-18,26H,3-12,15H2,1-2H3,(H,27,31,32)(H,28,29,30). The molecular weight excluding hydrogens is 437 g/mol. The van der Waals surface area contributed by atoms with Crippen LogP contribution in [0.4, 0.5) is 16.2 Å². The number of hydrogen-bond donors (Lipinski definition) is 3. The Morgan fingerprint density at radius 3 is 2.65 bits per heavy atom. The van der Waals surface area contributed by atoms with Crippen molar-refractivity contribution < 1.29 is 13.9 Å². The minimum absolute atomic E-state index is 0.152. The topological polar surface area (TPSA) is 106 Å². The average molecular weight is 474 g/mol. The van der Waals surface area contributed by atoms with Crippen LogP contribution >= 0.6 is 0 Å². The molecule has 0 radical (unpaired) electrons. The molecule has 2 fully saturated rings. The molecule has 2 aromatic rings. The smallest absolute Gasteiger partial charge is 0.223 e. The third-order valence-corrected chi connectivity index (χ3v) is 6.85. The predicted molar refractivity (Wildman–Crippen MR) is 129 cm³/mol. The zero-order valence-corrected chi connectivity index (χ0v) is 20.1. The van der Waals surface area contributed by atoms with Crippen molar-refractivity contribution in [2.75, 3.05) is 50.7 Å². The first-order valence-electron chi connectivity index (χ1n) is 12.2. The number of aromatic nitrogens is 4. The van der Waals surface area contributed by atoms with E-state index in [1.54, 1.807) is 13.2 Å². The number of anilines is 2. The first kappa shape index (κ1) is 24.7. The Bertz CT molecular complexity index is 918. The fourth-order valence-electron chi connectivity index (χ4n) is 4.53. The second-order valence-electron chi connectivity index (χ2n) is 9.60. The molecule has 4 rings (SSSR count). The highest BCUT2D eigenvalue weighted by atomic mass is 19.1. The lowest BCUT2D eigenvalue weighted by Crippen LogP contribution is -2.38. The van der Waals surface area contributed by atoms with Crippen molar-refractivity contribution in [1.82, 2.24) is 25.3 Å². The Balaban J connectivity index is 1.36. The second-order valence-corrected chi connectivity index (χ2v) is 9.60. The highest BCUT2D eigenvalue weighted by Gasteiger charge is 2.27. The monoisotopic (exact) mass is 473 g/mol. The number of hydrogen-bond acceptors (Lipinski definition) is 9. The molecule has 186 valence electrons. The number of methoxy groups -OCH3 is 1. The highest BCUT2D eigenvalue weighted by Crippen LogP contribution is 2.30. The minimum Gasteiger partial charge on any atom is -0.383 e. The SMILES string of the molecule is COCCNC1CCC(Nc2ncc(F)c(-c3cc(NCC4(C)CCOCC4)ncn3)n2)CC1. The third-order valence-electron chi connectivity index (χ3n) is 6.85. The molecule has 1 saturated heterocycles. The second kappa shape index (κ2) is 11.8. The van der Waals surface area contributed by atoms with Gasteiger partial charge in [-0.2, -0.15) is 0 Å². The first-order chi connectivity index (χ1) is 16.5. The molecule has 34 heavy (non-hydrogen) atoms. The molecule has 0 amide bonds. The van der Waals surface area contributed by atoms with Gasteiger partial charge in [-0.1, -0.05) is 6.92 Å². The van der Waals surface area contributed by atoms with E-state index in [-0.39, 0.29) is 17.2 Å². The molecule has 0 aromatic carbocycles. The van der Waals surface area contributed by atoms with Crippen molar-refractivity contribution in [3.63, 3.8) is 0 Å². The Kier molecular flexibility index (Phi) is 8.58. The van der Waals surface area contributed by atoms with Crippen molar-refractivity contribution in [3.05, 3.63) is 24.4 Å². The molecular formula is C24H36FN7O2. The van der Waals surface area contributed by atoms with E-state index >= 15 is 0 Å². The first-order valence-corrected chi connectivity index (χ1v) is 12.2. The number of rotatable bonds is 10. The Hall–Kier alpha value is -2.43.